The van der Waals surface area contributed by atoms with Gasteiger partial charge in [-0.25, -0.2) is 0 Å². The Bertz CT molecular complexity index is 742. The average Bonchev–Trinajstić information content (AvgIpc) is 2.85. The van der Waals surface area contributed by atoms with Crippen molar-refractivity contribution in [2.75, 3.05) is 4.72 Å². The molecule has 0 unspecified atom stereocenters. The Morgan fingerprint density at radius 1 is 1.10 bits per heavy atom. The standard InChI is InChI=1S/C11H8Cl3NO4S/c12-7-3-9(14)10(4-8(7)13)15-20(17,18)11-2-1-6(5-16)19-11/h1-4,15-16H,5H2. The van der Waals surface area contributed by atoms with Crippen LogP contribution in [0.2, 0.25) is 15.1 Å². The summed E-state index contributed by atoms with van der Waals surface area (Å²) in [5.74, 6) is 0.130. The SMILES string of the molecule is O=S(=O)(Nc1cc(Cl)c(Cl)cc1Cl)c1ccc(CO)o1. The molecule has 0 atom stereocenters. The van der Waals surface area contributed by atoms with Crippen LogP contribution in [0.1, 0.15) is 5.76 Å². The van der Waals surface area contributed by atoms with Crippen LogP contribution in [0.3, 0.4) is 0 Å². The van der Waals surface area contributed by atoms with E-state index in [2.05, 4.69) is 4.72 Å². The first-order chi connectivity index (χ1) is 9.33. The second kappa shape index (κ2) is 5.83. The number of furan rings is 1. The highest BCUT2D eigenvalue weighted by molar-refractivity contribution is 7.92. The van der Waals surface area contributed by atoms with Crippen molar-refractivity contribution in [3.63, 3.8) is 0 Å². The van der Waals surface area contributed by atoms with Crippen LogP contribution in [0.4, 0.5) is 5.69 Å². The average molecular weight is 357 g/mol. The van der Waals surface area contributed by atoms with Crippen molar-refractivity contribution in [1.82, 2.24) is 0 Å². The molecule has 0 aliphatic rings. The molecule has 2 aromatic rings. The van der Waals surface area contributed by atoms with Crippen molar-refractivity contribution >= 4 is 50.5 Å². The van der Waals surface area contributed by atoms with E-state index < -0.39 is 16.6 Å². The molecule has 0 spiro atoms. The van der Waals surface area contributed by atoms with Gasteiger partial charge in [0.2, 0.25) is 5.09 Å². The zero-order valence-electron chi connectivity index (χ0n) is 9.73. The molecule has 20 heavy (non-hydrogen) atoms. The second-order valence-corrected chi connectivity index (χ2v) is 6.57. The van der Waals surface area contributed by atoms with E-state index in [0.29, 0.717) is 0 Å². The van der Waals surface area contributed by atoms with Crippen LogP contribution in [0.15, 0.2) is 33.8 Å². The molecule has 1 aromatic carbocycles. The summed E-state index contributed by atoms with van der Waals surface area (Å²) in [6.07, 6.45) is 0. The predicted octanol–water partition coefficient (Wildman–Crippen LogP) is 3.53. The van der Waals surface area contributed by atoms with Gasteiger partial charge in [-0.2, -0.15) is 8.42 Å². The molecule has 0 bridgehead atoms. The number of anilines is 1. The highest BCUT2D eigenvalue weighted by atomic mass is 35.5. The van der Waals surface area contributed by atoms with Gasteiger partial charge in [-0.3, -0.25) is 4.72 Å². The van der Waals surface area contributed by atoms with Gasteiger partial charge in [-0.15, -0.1) is 0 Å². The van der Waals surface area contributed by atoms with Gasteiger partial charge in [-0.05, 0) is 24.3 Å². The maximum Gasteiger partial charge on any atom is 0.295 e. The van der Waals surface area contributed by atoms with Crippen molar-refractivity contribution in [3.8, 4) is 0 Å². The lowest BCUT2D eigenvalue weighted by Crippen LogP contribution is -2.12. The smallest absolute Gasteiger partial charge is 0.295 e. The monoisotopic (exact) mass is 355 g/mol. The molecule has 0 aliphatic carbocycles. The van der Waals surface area contributed by atoms with Crippen LogP contribution in [0.25, 0.3) is 0 Å². The summed E-state index contributed by atoms with van der Waals surface area (Å²) in [7, 11) is -3.97. The number of halogens is 3. The van der Waals surface area contributed by atoms with Gasteiger partial charge >= 0.3 is 0 Å². The maximum atomic E-state index is 12.1. The normalized spacial score (nSPS) is 11.6. The Labute approximate surface area is 130 Å². The summed E-state index contributed by atoms with van der Waals surface area (Å²) in [5, 5.41) is 8.97. The lowest BCUT2D eigenvalue weighted by atomic mass is 10.3. The fraction of sp³-hybridized carbons (Fsp3) is 0.0909. The lowest BCUT2D eigenvalue weighted by molar-refractivity contribution is 0.236. The number of hydrogen-bond acceptors (Lipinski definition) is 4. The molecule has 1 heterocycles. The first-order valence-electron chi connectivity index (χ1n) is 5.20. The van der Waals surface area contributed by atoms with E-state index in [9.17, 15) is 8.42 Å². The van der Waals surface area contributed by atoms with Crippen LogP contribution in [-0.2, 0) is 16.6 Å². The van der Waals surface area contributed by atoms with E-state index in [1.807, 2.05) is 0 Å². The number of aliphatic hydroxyl groups excluding tert-OH is 1. The molecule has 0 saturated carbocycles. The summed E-state index contributed by atoms with van der Waals surface area (Å²) < 4.78 is 31.3. The third-order valence-electron chi connectivity index (χ3n) is 2.31. The lowest BCUT2D eigenvalue weighted by Gasteiger charge is -2.09. The zero-order chi connectivity index (χ0) is 14.9. The van der Waals surface area contributed by atoms with E-state index in [1.165, 1.54) is 24.3 Å². The molecule has 0 fully saturated rings. The van der Waals surface area contributed by atoms with Crippen LogP contribution >= 0.6 is 34.8 Å². The highest BCUT2D eigenvalue weighted by Crippen LogP contribution is 2.33. The van der Waals surface area contributed by atoms with Gasteiger partial charge in [0.1, 0.15) is 12.4 Å². The van der Waals surface area contributed by atoms with Crippen molar-refractivity contribution in [3.05, 3.63) is 45.1 Å². The molecule has 108 valence electrons. The van der Waals surface area contributed by atoms with Crippen molar-refractivity contribution in [1.29, 1.82) is 0 Å². The molecule has 9 heteroatoms. The number of aliphatic hydroxyl groups is 1. The first-order valence-corrected chi connectivity index (χ1v) is 7.82. The molecule has 2 rings (SSSR count). The van der Waals surface area contributed by atoms with Crippen LogP contribution < -0.4 is 4.72 Å². The predicted molar refractivity (Wildman–Crippen MR) is 76.9 cm³/mol. The van der Waals surface area contributed by atoms with Crippen molar-refractivity contribution in [2.45, 2.75) is 11.7 Å². The Hall–Kier alpha value is -0.920. The Morgan fingerprint density at radius 2 is 1.75 bits per heavy atom. The van der Waals surface area contributed by atoms with E-state index in [0.717, 1.165) is 0 Å². The van der Waals surface area contributed by atoms with E-state index in [4.69, 9.17) is 44.3 Å². The van der Waals surface area contributed by atoms with Gasteiger partial charge in [0.15, 0.2) is 0 Å². The summed E-state index contributed by atoms with van der Waals surface area (Å²) in [6, 6.07) is 5.19. The number of nitrogens with one attached hydrogen (secondary N) is 1. The molecule has 0 amide bonds. The maximum absolute atomic E-state index is 12.1. The van der Waals surface area contributed by atoms with Gasteiger partial charge < -0.3 is 9.52 Å². The summed E-state index contributed by atoms with van der Waals surface area (Å²) >= 11 is 17.4. The fourth-order valence-corrected chi connectivity index (χ4v) is 3.06. The van der Waals surface area contributed by atoms with Gasteiger partial charge in [-0.1, -0.05) is 34.8 Å². The minimum Gasteiger partial charge on any atom is -0.445 e. The van der Waals surface area contributed by atoms with E-state index >= 15 is 0 Å². The van der Waals surface area contributed by atoms with Crippen LogP contribution in [0.5, 0.6) is 0 Å². The van der Waals surface area contributed by atoms with Crippen LogP contribution in [0, 0.1) is 0 Å². The van der Waals surface area contributed by atoms with E-state index in [-0.39, 0.29) is 31.6 Å². The Kier molecular flexibility index (Phi) is 4.51. The molecular formula is C11H8Cl3NO4S. The van der Waals surface area contributed by atoms with Crippen molar-refractivity contribution < 1.29 is 17.9 Å². The highest BCUT2D eigenvalue weighted by Gasteiger charge is 2.20. The summed E-state index contributed by atoms with van der Waals surface area (Å²) in [5.41, 5.74) is 0.0722. The number of rotatable bonds is 4. The van der Waals surface area contributed by atoms with E-state index in [1.54, 1.807) is 0 Å². The fourth-order valence-electron chi connectivity index (χ4n) is 1.38. The summed E-state index contributed by atoms with van der Waals surface area (Å²) in [4.78, 5) is 0. The second-order valence-electron chi connectivity index (χ2n) is 3.73. The van der Waals surface area contributed by atoms with Crippen LogP contribution in [-0.4, -0.2) is 13.5 Å². The Morgan fingerprint density at radius 3 is 2.35 bits per heavy atom. The topological polar surface area (TPSA) is 79.5 Å². The molecule has 0 radical (unpaired) electrons. The molecular weight excluding hydrogens is 349 g/mol. The third-order valence-corrected chi connectivity index (χ3v) is 4.58. The van der Waals surface area contributed by atoms with Crippen molar-refractivity contribution in [2.24, 2.45) is 0 Å². The number of sulfonamides is 1. The minimum absolute atomic E-state index is 0.0722. The van der Waals surface area contributed by atoms with Gasteiger partial charge in [0, 0.05) is 0 Å². The molecule has 0 saturated heterocycles. The minimum atomic E-state index is -3.97. The van der Waals surface area contributed by atoms with Gasteiger partial charge in [0.05, 0.1) is 20.8 Å². The zero-order valence-corrected chi connectivity index (χ0v) is 12.8. The largest absolute Gasteiger partial charge is 0.445 e. The first kappa shape index (κ1) is 15.5. The third kappa shape index (κ3) is 3.21. The number of benzene rings is 1. The molecule has 1 aromatic heterocycles. The molecule has 0 aliphatic heterocycles. The molecule has 2 N–H and O–H groups in total. The summed E-state index contributed by atoms with van der Waals surface area (Å²) in [6.45, 7) is -0.400. The van der Waals surface area contributed by atoms with Gasteiger partial charge in [0.25, 0.3) is 10.0 Å². The molecule has 5 nitrogen and oxygen atoms in total. The quantitative estimate of drug-likeness (QED) is 0.821. The Balaban J connectivity index is 2.35. The number of hydrogen-bond donors (Lipinski definition) is 2.